The van der Waals surface area contributed by atoms with E-state index in [0.717, 1.165) is 21.9 Å². The summed E-state index contributed by atoms with van der Waals surface area (Å²) in [5, 5.41) is 3.63. The van der Waals surface area contributed by atoms with Gasteiger partial charge in [0.05, 0.1) is 34.7 Å². The van der Waals surface area contributed by atoms with Gasteiger partial charge in [-0.15, -0.1) is 11.8 Å². The van der Waals surface area contributed by atoms with Crippen molar-refractivity contribution in [2.24, 2.45) is 29.6 Å². The zero-order valence-electron chi connectivity index (χ0n) is 25.8. The second-order valence-corrected chi connectivity index (χ2v) is 14.7. The number of para-hydroxylation sites is 2. The smallest absolute Gasteiger partial charge is 0.338 e. The van der Waals surface area contributed by atoms with Gasteiger partial charge in [0.2, 0.25) is 11.8 Å². The molecule has 0 spiro atoms. The number of benzene rings is 3. The zero-order valence-corrected chi connectivity index (χ0v) is 27.4. The Morgan fingerprint density at radius 1 is 0.917 bits per heavy atom. The van der Waals surface area contributed by atoms with Gasteiger partial charge in [-0.25, -0.2) is 4.79 Å². The maximum absolute atomic E-state index is 14.2. The Morgan fingerprint density at radius 2 is 1.62 bits per heavy atom. The van der Waals surface area contributed by atoms with Crippen LogP contribution in [0.5, 0.6) is 5.75 Å². The lowest BCUT2D eigenvalue weighted by Crippen LogP contribution is -2.42. The van der Waals surface area contributed by atoms with Gasteiger partial charge in [0.1, 0.15) is 5.75 Å². The highest BCUT2D eigenvalue weighted by Gasteiger charge is 2.69. The van der Waals surface area contributed by atoms with Gasteiger partial charge in [-0.3, -0.25) is 24.1 Å². The molecule has 3 aromatic carbocycles. The van der Waals surface area contributed by atoms with Crippen molar-refractivity contribution in [2.75, 3.05) is 23.4 Å². The average Bonchev–Trinajstić information content (AvgIpc) is 3.83. The third-order valence-electron chi connectivity index (χ3n) is 10.0. The fraction of sp³-hybridized carbons (Fsp3) is 0.306. The van der Waals surface area contributed by atoms with Crippen molar-refractivity contribution in [1.29, 1.82) is 0 Å². The molecular weight excluding hydrogens is 651 g/mol. The summed E-state index contributed by atoms with van der Waals surface area (Å²) in [5.74, 6) is -2.05. The van der Waals surface area contributed by atoms with E-state index in [1.807, 2.05) is 42.5 Å². The largest absolute Gasteiger partial charge is 0.483 e. The maximum atomic E-state index is 14.2. The number of rotatable bonds is 8. The van der Waals surface area contributed by atoms with Crippen LogP contribution in [-0.2, 0) is 19.1 Å². The molecule has 1 saturated heterocycles. The number of fused-ring (bicyclic) bond motifs is 9. The molecule has 3 amide bonds. The molecule has 2 aliphatic heterocycles. The van der Waals surface area contributed by atoms with Crippen LogP contribution in [0.1, 0.15) is 40.1 Å². The highest BCUT2D eigenvalue weighted by Crippen LogP contribution is 2.69. The van der Waals surface area contributed by atoms with Gasteiger partial charge in [0, 0.05) is 27.3 Å². The third kappa shape index (κ3) is 4.96. The first-order valence-electron chi connectivity index (χ1n) is 15.9. The normalized spacial score (nSPS) is 26.5. The first-order chi connectivity index (χ1) is 23.3. The molecule has 12 heteroatoms. The van der Waals surface area contributed by atoms with E-state index in [0.29, 0.717) is 22.7 Å². The van der Waals surface area contributed by atoms with E-state index in [9.17, 15) is 24.0 Å². The van der Waals surface area contributed by atoms with Crippen LogP contribution in [0.3, 0.4) is 0 Å². The van der Waals surface area contributed by atoms with Crippen molar-refractivity contribution in [3.05, 3.63) is 105 Å². The molecule has 2 saturated carbocycles. The number of amides is 3. The molecular formula is C36H31N3O7S2. The number of H-pyrrole nitrogens is 1. The second-order valence-electron chi connectivity index (χ2n) is 12.5. The molecule has 48 heavy (non-hydrogen) atoms. The Labute approximate surface area is 283 Å². The van der Waals surface area contributed by atoms with Gasteiger partial charge in [0.15, 0.2) is 6.61 Å². The van der Waals surface area contributed by atoms with Crippen LogP contribution in [0.25, 0.3) is 0 Å². The topological polar surface area (TPSA) is 135 Å². The van der Waals surface area contributed by atoms with Crippen LogP contribution in [0.15, 0.2) is 88.7 Å². The highest BCUT2D eigenvalue weighted by atomic mass is 32.2. The molecule has 4 aromatic rings. The first kappa shape index (κ1) is 30.6. The molecule has 244 valence electrons. The monoisotopic (exact) mass is 681 g/mol. The van der Waals surface area contributed by atoms with Gasteiger partial charge in [-0.2, -0.15) is 0 Å². The molecule has 0 radical (unpaired) electrons. The van der Waals surface area contributed by atoms with Crippen LogP contribution in [-0.4, -0.2) is 47.1 Å². The number of aromatic amines is 1. The summed E-state index contributed by atoms with van der Waals surface area (Å²) in [6.07, 6.45) is 0.739. The highest BCUT2D eigenvalue weighted by molar-refractivity contribution is 8.00. The Bertz CT molecular complexity index is 1990. The van der Waals surface area contributed by atoms with E-state index in [4.69, 9.17) is 9.47 Å². The SMILES string of the molecule is CCOC(=O)c1ccc(N2C(=O)[C@H]3[C@H]4C[C@@H]([C@@H]3C2=O)[C@@H]2[C@H](c3ccccc3OCC(=O)Nc3ccccc3)c3sc(=O)[nH]c3S[C@H]42)cc1. The number of hydrogen-bond donors (Lipinski definition) is 2. The Balaban J connectivity index is 1.10. The molecule has 2 aliphatic carbocycles. The number of thioether (sulfide) groups is 1. The number of esters is 1. The van der Waals surface area contributed by atoms with Crippen LogP contribution >= 0.6 is 23.1 Å². The molecule has 3 fully saturated rings. The summed E-state index contributed by atoms with van der Waals surface area (Å²) in [7, 11) is 0. The number of hydrogen-bond acceptors (Lipinski definition) is 9. The van der Waals surface area contributed by atoms with E-state index in [-0.39, 0.29) is 64.7 Å². The summed E-state index contributed by atoms with van der Waals surface area (Å²) in [6, 6.07) is 23.1. The lowest BCUT2D eigenvalue weighted by atomic mass is 9.68. The van der Waals surface area contributed by atoms with Crippen molar-refractivity contribution in [3.8, 4) is 5.75 Å². The van der Waals surface area contributed by atoms with Crippen LogP contribution in [0.2, 0.25) is 0 Å². The summed E-state index contributed by atoms with van der Waals surface area (Å²) >= 11 is 2.78. The number of thiazole rings is 1. The van der Waals surface area contributed by atoms with Crippen molar-refractivity contribution in [1.82, 2.24) is 4.98 Å². The Hall–Kier alpha value is -4.68. The number of carbonyl (C=O) groups is 4. The van der Waals surface area contributed by atoms with Crippen molar-refractivity contribution >= 4 is 58.2 Å². The molecule has 2 bridgehead atoms. The number of nitrogens with one attached hydrogen (secondary N) is 2. The lowest BCUT2D eigenvalue weighted by Gasteiger charge is -2.43. The van der Waals surface area contributed by atoms with E-state index >= 15 is 0 Å². The predicted molar refractivity (Wildman–Crippen MR) is 180 cm³/mol. The number of ether oxygens (including phenoxy) is 2. The standard InChI is InChI=1S/C36H31N3O7S2/c1-2-45-35(43)18-12-14-20(15-13-18)39-33(41)28-22-16-23(29(28)34(39)42)30-27(22)26(31-32(47-30)38-36(44)48-31)21-10-6-7-11-24(21)46-17-25(40)37-19-8-4-3-5-9-19/h3-15,22-23,26-30H,2,16-17H2,1H3,(H,37,40)(H,38,44)/t22-,23-,26+,27-,28+,29+,30-/m1/s1. The fourth-order valence-corrected chi connectivity index (χ4v) is 11.2. The molecule has 4 aliphatic rings. The Morgan fingerprint density at radius 3 is 2.38 bits per heavy atom. The molecule has 1 aromatic heterocycles. The van der Waals surface area contributed by atoms with Gasteiger partial charge in [0.25, 0.3) is 5.91 Å². The third-order valence-corrected chi connectivity index (χ3v) is 12.6. The van der Waals surface area contributed by atoms with E-state index in [1.165, 1.54) is 16.2 Å². The van der Waals surface area contributed by atoms with E-state index in [2.05, 4.69) is 10.3 Å². The second kappa shape index (κ2) is 12.1. The molecule has 10 nitrogen and oxygen atoms in total. The minimum atomic E-state index is -0.487. The van der Waals surface area contributed by atoms with Crippen LogP contribution in [0, 0.1) is 29.6 Å². The van der Waals surface area contributed by atoms with Gasteiger partial charge < -0.3 is 19.8 Å². The van der Waals surface area contributed by atoms with Crippen LogP contribution < -0.4 is 19.8 Å². The molecule has 0 unspecified atom stereocenters. The Kier molecular flexibility index (Phi) is 7.72. The number of anilines is 2. The number of aromatic nitrogens is 1. The minimum Gasteiger partial charge on any atom is -0.483 e. The lowest BCUT2D eigenvalue weighted by molar-refractivity contribution is -0.123. The first-order valence-corrected chi connectivity index (χ1v) is 17.6. The van der Waals surface area contributed by atoms with Crippen LogP contribution in [0.4, 0.5) is 11.4 Å². The van der Waals surface area contributed by atoms with Gasteiger partial charge in [-0.05, 0) is 73.6 Å². The van der Waals surface area contributed by atoms with Gasteiger partial charge in [-0.1, -0.05) is 47.7 Å². The van der Waals surface area contributed by atoms with Gasteiger partial charge >= 0.3 is 10.8 Å². The minimum absolute atomic E-state index is 0.00340. The average molecular weight is 682 g/mol. The van der Waals surface area contributed by atoms with E-state index in [1.54, 1.807) is 55.1 Å². The summed E-state index contributed by atoms with van der Waals surface area (Å²) in [6.45, 7) is 1.78. The number of carbonyl (C=O) groups excluding carboxylic acids is 4. The van der Waals surface area contributed by atoms with Crippen molar-refractivity contribution in [2.45, 2.75) is 29.5 Å². The summed E-state index contributed by atoms with van der Waals surface area (Å²) in [4.78, 5) is 70.9. The quantitative estimate of drug-likeness (QED) is 0.189. The number of nitrogens with zero attached hydrogens (tertiary/aromatic N) is 1. The van der Waals surface area contributed by atoms with Crippen molar-refractivity contribution < 1.29 is 28.7 Å². The molecule has 7 atom stereocenters. The van der Waals surface area contributed by atoms with Crippen molar-refractivity contribution in [3.63, 3.8) is 0 Å². The molecule has 8 rings (SSSR count). The fourth-order valence-electron chi connectivity index (χ4n) is 8.31. The molecule has 3 heterocycles. The molecule has 2 N–H and O–H groups in total. The summed E-state index contributed by atoms with van der Waals surface area (Å²) in [5.41, 5.74) is 2.31. The van der Waals surface area contributed by atoms with E-state index < -0.39 is 17.8 Å². The zero-order chi connectivity index (χ0) is 33.1. The maximum Gasteiger partial charge on any atom is 0.338 e. The summed E-state index contributed by atoms with van der Waals surface area (Å²) < 4.78 is 11.2. The predicted octanol–water partition coefficient (Wildman–Crippen LogP) is 5.31. The number of imide groups is 1.